The summed E-state index contributed by atoms with van der Waals surface area (Å²) < 4.78 is 18.2. The van der Waals surface area contributed by atoms with E-state index < -0.39 is 23.2 Å². The number of aliphatic carboxylic acids is 1. The maximum Gasteiger partial charge on any atom is 0.311 e. The first kappa shape index (κ1) is 13.4. The molecule has 1 unspecified atom stereocenters. The van der Waals surface area contributed by atoms with Crippen molar-refractivity contribution in [3.63, 3.8) is 0 Å². The highest BCUT2D eigenvalue weighted by Crippen LogP contribution is 2.36. The van der Waals surface area contributed by atoms with Crippen molar-refractivity contribution < 1.29 is 19.0 Å². The SMILES string of the molecule is COc1ccc(F)cc1C(N)C(C)(C)C(=O)O. The van der Waals surface area contributed by atoms with Gasteiger partial charge in [-0.15, -0.1) is 0 Å². The van der Waals surface area contributed by atoms with Crippen LogP contribution in [0.5, 0.6) is 5.75 Å². The zero-order valence-electron chi connectivity index (χ0n) is 10.0. The van der Waals surface area contributed by atoms with E-state index in [1.54, 1.807) is 0 Å². The first-order chi connectivity index (χ1) is 7.80. The zero-order chi connectivity index (χ0) is 13.2. The molecule has 5 heteroatoms. The summed E-state index contributed by atoms with van der Waals surface area (Å²) in [5, 5.41) is 9.09. The number of rotatable bonds is 4. The number of hydrogen-bond acceptors (Lipinski definition) is 3. The summed E-state index contributed by atoms with van der Waals surface area (Å²) in [5.74, 6) is -1.14. The molecule has 0 aromatic heterocycles. The molecular formula is C12H16FNO3. The second-order valence-corrected chi connectivity index (χ2v) is 4.39. The van der Waals surface area contributed by atoms with Crippen molar-refractivity contribution in [3.05, 3.63) is 29.6 Å². The lowest BCUT2D eigenvalue weighted by atomic mass is 9.81. The standard InChI is InChI=1S/C12H16FNO3/c1-12(2,11(15)16)10(14)8-6-7(13)4-5-9(8)17-3/h4-6,10H,14H2,1-3H3,(H,15,16). The summed E-state index contributed by atoms with van der Waals surface area (Å²) in [6, 6.07) is 3.02. The number of halogens is 1. The maximum atomic E-state index is 13.2. The zero-order valence-corrected chi connectivity index (χ0v) is 10.0. The van der Waals surface area contributed by atoms with Gasteiger partial charge in [0, 0.05) is 11.6 Å². The van der Waals surface area contributed by atoms with Crippen LogP contribution in [0, 0.1) is 11.2 Å². The molecule has 3 N–H and O–H groups in total. The van der Waals surface area contributed by atoms with Crippen molar-refractivity contribution >= 4 is 5.97 Å². The van der Waals surface area contributed by atoms with Crippen LogP contribution < -0.4 is 10.5 Å². The smallest absolute Gasteiger partial charge is 0.311 e. The molecule has 0 heterocycles. The van der Waals surface area contributed by atoms with Gasteiger partial charge < -0.3 is 15.6 Å². The van der Waals surface area contributed by atoms with E-state index in [0.717, 1.165) is 0 Å². The molecular weight excluding hydrogens is 225 g/mol. The highest BCUT2D eigenvalue weighted by atomic mass is 19.1. The lowest BCUT2D eigenvalue weighted by Crippen LogP contribution is -2.36. The second kappa shape index (κ2) is 4.71. The fraction of sp³-hybridized carbons (Fsp3) is 0.417. The molecule has 1 rings (SSSR count). The molecule has 1 atom stereocenters. The molecule has 0 aliphatic carbocycles. The van der Waals surface area contributed by atoms with Crippen molar-refractivity contribution in [2.45, 2.75) is 19.9 Å². The van der Waals surface area contributed by atoms with Gasteiger partial charge in [0.15, 0.2) is 0 Å². The Labute approximate surface area is 99.2 Å². The minimum Gasteiger partial charge on any atom is -0.496 e. The molecule has 94 valence electrons. The molecule has 1 aromatic rings. The van der Waals surface area contributed by atoms with Gasteiger partial charge in [0.25, 0.3) is 0 Å². The predicted molar refractivity (Wildman–Crippen MR) is 61.3 cm³/mol. The van der Waals surface area contributed by atoms with Crippen molar-refractivity contribution in [1.29, 1.82) is 0 Å². The van der Waals surface area contributed by atoms with Crippen LogP contribution in [-0.2, 0) is 4.79 Å². The summed E-state index contributed by atoms with van der Waals surface area (Å²) in [6.45, 7) is 2.98. The van der Waals surface area contributed by atoms with Gasteiger partial charge in [-0.1, -0.05) is 0 Å². The Hall–Kier alpha value is -1.62. The third-order valence-electron chi connectivity index (χ3n) is 2.86. The molecule has 0 fully saturated rings. The highest BCUT2D eigenvalue weighted by Gasteiger charge is 2.37. The van der Waals surface area contributed by atoms with E-state index >= 15 is 0 Å². The molecule has 17 heavy (non-hydrogen) atoms. The number of hydrogen-bond donors (Lipinski definition) is 2. The minimum atomic E-state index is -1.21. The average Bonchev–Trinajstić information content (AvgIpc) is 2.27. The van der Waals surface area contributed by atoms with Crippen molar-refractivity contribution in [2.24, 2.45) is 11.1 Å². The number of ether oxygens (including phenoxy) is 1. The number of carboxylic acid groups (broad SMARTS) is 1. The molecule has 0 bridgehead atoms. The Balaban J connectivity index is 3.23. The monoisotopic (exact) mass is 241 g/mol. The number of carboxylic acids is 1. The largest absolute Gasteiger partial charge is 0.496 e. The molecule has 0 spiro atoms. The normalized spacial score (nSPS) is 13.2. The molecule has 0 aliphatic heterocycles. The van der Waals surface area contributed by atoms with Crippen LogP contribution in [0.1, 0.15) is 25.5 Å². The summed E-state index contributed by atoms with van der Waals surface area (Å²) in [5.41, 5.74) is 5.03. The molecule has 0 saturated carbocycles. The fourth-order valence-electron chi connectivity index (χ4n) is 1.47. The van der Waals surface area contributed by atoms with Gasteiger partial charge in [0.2, 0.25) is 0 Å². The molecule has 0 radical (unpaired) electrons. The summed E-state index contributed by atoms with van der Waals surface area (Å²) in [7, 11) is 1.43. The van der Waals surface area contributed by atoms with Gasteiger partial charge in [0.05, 0.1) is 12.5 Å². The summed E-state index contributed by atoms with van der Waals surface area (Å²) in [6.07, 6.45) is 0. The topological polar surface area (TPSA) is 72.5 Å². The number of carbonyl (C=O) groups is 1. The van der Waals surface area contributed by atoms with Gasteiger partial charge in [0.1, 0.15) is 11.6 Å². The lowest BCUT2D eigenvalue weighted by molar-refractivity contribution is -0.148. The molecule has 0 amide bonds. The van der Waals surface area contributed by atoms with Gasteiger partial charge >= 0.3 is 5.97 Å². The van der Waals surface area contributed by atoms with Gasteiger partial charge in [-0.2, -0.15) is 0 Å². The van der Waals surface area contributed by atoms with Crippen LogP contribution in [0.15, 0.2) is 18.2 Å². The summed E-state index contributed by atoms with van der Waals surface area (Å²) in [4.78, 5) is 11.1. The van der Waals surface area contributed by atoms with E-state index in [4.69, 9.17) is 15.6 Å². The third kappa shape index (κ3) is 2.55. The van der Waals surface area contributed by atoms with Gasteiger partial charge in [-0.05, 0) is 32.0 Å². The van der Waals surface area contributed by atoms with Crippen LogP contribution in [-0.4, -0.2) is 18.2 Å². The predicted octanol–water partition coefficient (Wildman–Crippen LogP) is 1.94. The van der Waals surface area contributed by atoms with Crippen LogP contribution in [0.25, 0.3) is 0 Å². The third-order valence-corrected chi connectivity index (χ3v) is 2.86. The minimum absolute atomic E-state index is 0.347. The second-order valence-electron chi connectivity index (χ2n) is 4.39. The van der Waals surface area contributed by atoms with Crippen LogP contribution >= 0.6 is 0 Å². The van der Waals surface area contributed by atoms with E-state index in [1.807, 2.05) is 0 Å². The fourth-order valence-corrected chi connectivity index (χ4v) is 1.47. The Bertz CT molecular complexity index is 432. The van der Waals surface area contributed by atoms with Crippen LogP contribution in [0.4, 0.5) is 4.39 Å². The lowest BCUT2D eigenvalue weighted by Gasteiger charge is -2.28. The Morgan fingerprint density at radius 2 is 2.12 bits per heavy atom. The quantitative estimate of drug-likeness (QED) is 0.845. The van der Waals surface area contributed by atoms with Crippen molar-refractivity contribution in [1.82, 2.24) is 0 Å². The maximum absolute atomic E-state index is 13.2. The van der Waals surface area contributed by atoms with Gasteiger partial charge in [-0.3, -0.25) is 4.79 Å². The number of methoxy groups -OCH3 is 1. The average molecular weight is 241 g/mol. The van der Waals surface area contributed by atoms with Crippen molar-refractivity contribution in [3.8, 4) is 5.75 Å². The molecule has 0 saturated heterocycles. The Morgan fingerprint density at radius 1 is 1.53 bits per heavy atom. The molecule has 1 aromatic carbocycles. The van der Waals surface area contributed by atoms with E-state index in [9.17, 15) is 9.18 Å². The molecule has 4 nitrogen and oxygen atoms in total. The van der Waals surface area contributed by atoms with Crippen LogP contribution in [0.3, 0.4) is 0 Å². The first-order valence-corrected chi connectivity index (χ1v) is 5.13. The number of benzene rings is 1. The Morgan fingerprint density at radius 3 is 2.59 bits per heavy atom. The summed E-state index contributed by atoms with van der Waals surface area (Å²) >= 11 is 0. The first-order valence-electron chi connectivity index (χ1n) is 5.13. The molecule has 0 aliphatic rings. The van der Waals surface area contributed by atoms with Crippen LogP contribution in [0.2, 0.25) is 0 Å². The van der Waals surface area contributed by atoms with E-state index in [0.29, 0.717) is 11.3 Å². The van der Waals surface area contributed by atoms with Gasteiger partial charge in [-0.25, -0.2) is 4.39 Å². The van der Waals surface area contributed by atoms with E-state index in [1.165, 1.54) is 39.2 Å². The number of nitrogens with two attached hydrogens (primary N) is 1. The highest BCUT2D eigenvalue weighted by molar-refractivity contribution is 5.75. The Kier molecular flexibility index (Phi) is 3.72. The van der Waals surface area contributed by atoms with Crippen molar-refractivity contribution in [2.75, 3.05) is 7.11 Å². The van der Waals surface area contributed by atoms with E-state index in [2.05, 4.69) is 0 Å². The van der Waals surface area contributed by atoms with E-state index in [-0.39, 0.29) is 0 Å².